The van der Waals surface area contributed by atoms with E-state index >= 15 is 0 Å². The number of tetrazole rings is 1. The van der Waals surface area contributed by atoms with Crippen molar-refractivity contribution in [3.05, 3.63) is 59.4 Å². The Morgan fingerprint density at radius 3 is 2.54 bits per heavy atom. The Balaban J connectivity index is 1.52. The van der Waals surface area contributed by atoms with Gasteiger partial charge in [0.1, 0.15) is 12.2 Å². The molecule has 8 nitrogen and oxygen atoms in total. The highest BCUT2D eigenvalue weighted by Gasteiger charge is 2.28. The number of hydrogen-bond donors (Lipinski definition) is 0. The average molecular weight is 349 g/mol. The molecule has 26 heavy (non-hydrogen) atoms. The first-order valence-corrected chi connectivity index (χ1v) is 8.40. The molecule has 0 saturated heterocycles. The lowest BCUT2D eigenvalue weighted by Gasteiger charge is -2.16. The van der Waals surface area contributed by atoms with Gasteiger partial charge >= 0.3 is 0 Å². The molecule has 0 N–H and O–H groups in total. The second-order valence-electron chi connectivity index (χ2n) is 7.38. The molecule has 8 heteroatoms. The minimum Gasteiger partial charge on any atom is -0.328 e. The van der Waals surface area contributed by atoms with Gasteiger partial charge in [0, 0.05) is 29.3 Å². The van der Waals surface area contributed by atoms with Crippen LogP contribution < -0.4 is 0 Å². The summed E-state index contributed by atoms with van der Waals surface area (Å²) in [6, 6.07) is 7.22. The van der Waals surface area contributed by atoms with Crippen LogP contribution in [0.3, 0.4) is 0 Å². The Morgan fingerprint density at radius 2 is 1.88 bits per heavy atom. The number of fused-ring (bicyclic) bond motifs is 1. The van der Waals surface area contributed by atoms with Crippen molar-refractivity contribution in [2.75, 3.05) is 0 Å². The number of amides is 1. The van der Waals surface area contributed by atoms with Crippen LogP contribution in [0.2, 0.25) is 0 Å². The molecule has 4 rings (SSSR count). The molecule has 2 aromatic heterocycles. The molecule has 0 fully saturated rings. The molecule has 0 unspecified atom stereocenters. The zero-order valence-corrected chi connectivity index (χ0v) is 14.9. The Bertz CT molecular complexity index is 943. The van der Waals surface area contributed by atoms with Gasteiger partial charge in [0.15, 0.2) is 0 Å². The van der Waals surface area contributed by atoms with Gasteiger partial charge in [-0.05, 0) is 34.7 Å². The number of benzene rings is 1. The van der Waals surface area contributed by atoms with Crippen LogP contribution >= 0.6 is 0 Å². The first-order chi connectivity index (χ1) is 12.4. The highest BCUT2D eigenvalue weighted by atomic mass is 16.2. The van der Waals surface area contributed by atoms with Crippen LogP contribution in [0, 0.1) is 0 Å². The molecule has 0 atom stereocenters. The Labute approximate surface area is 150 Å². The van der Waals surface area contributed by atoms with Gasteiger partial charge in [-0.1, -0.05) is 20.8 Å². The Hall–Kier alpha value is -3.16. The normalized spacial score (nSPS) is 13.7. The molecule has 3 heterocycles. The predicted octanol–water partition coefficient (Wildman–Crippen LogP) is 1.91. The van der Waals surface area contributed by atoms with Gasteiger partial charge in [0.25, 0.3) is 5.91 Å². The molecule has 1 amide bonds. The van der Waals surface area contributed by atoms with Crippen molar-refractivity contribution < 1.29 is 4.79 Å². The van der Waals surface area contributed by atoms with E-state index in [9.17, 15) is 4.79 Å². The second kappa shape index (κ2) is 5.98. The SMILES string of the molecule is CC(C)(C)c1ncc2c(n1)CN(C(=O)c1ccc(-n3cnnn3)cc1)C2. The van der Waals surface area contributed by atoms with Crippen LogP contribution in [-0.4, -0.2) is 41.0 Å². The molecular formula is C18H19N7O. The monoisotopic (exact) mass is 349 g/mol. The maximum atomic E-state index is 12.8. The molecule has 1 aliphatic rings. The third kappa shape index (κ3) is 2.94. The molecule has 1 aromatic carbocycles. The lowest BCUT2D eigenvalue weighted by molar-refractivity contribution is 0.0750. The number of nitrogens with zero attached hydrogens (tertiary/aromatic N) is 7. The van der Waals surface area contributed by atoms with Crippen molar-refractivity contribution in [2.24, 2.45) is 0 Å². The largest absolute Gasteiger partial charge is 0.328 e. The molecule has 0 spiro atoms. The zero-order chi connectivity index (χ0) is 18.3. The van der Waals surface area contributed by atoms with Gasteiger partial charge in [0.2, 0.25) is 0 Å². The summed E-state index contributed by atoms with van der Waals surface area (Å²) in [5.41, 5.74) is 3.26. The lowest BCUT2D eigenvalue weighted by atomic mass is 9.95. The number of carbonyl (C=O) groups excluding carboxylic acids is 1. The zero-order valence-electron chi connectivity index (χ0n) is 14.9. The van der Waals surface area contributed by atoms with Crippen molar-refractivity contribution in [1.82, 2.24) is 35.1 Å². The molecular weight excluding hydrogens is 330 g/mol. The molecule has 3 aromatic rings. The Kier molecular flexibility index (Phi) is 3.75. The van der Waals surface area contributed by atoms with E-state index < -0.39 is 0 Å². The fourth-order valence-electron chi connectivity index (χ4n) is 2.88. The summed E-state index contributed by atoms with van der Waals surface area (Å²) in [6.45, 7) is 7.29. The van der Waals surface area contributed by atoms with Crippen LogP contribution in [-0.2, 0) is 18.5 Å². The van der Waals surface area contributed by atoms with E-state index in [0.717, 1.165) is 22.8 Å². The van der Waals surface area contributed by atoms with E-state index in [1.807, 2.05) is 18.3 Å². The minimum absolute atomic E-state index is 0.0245. The van der Waals surface area contributed by atoms with Crippen molar-refractivity contribution >= 4 is 5.91 Å². The number of carbonyl (C=O) groups is 1. The standard InChI is InChI=1S/C18H19N7O/c1-18(2,3)17-19-8-13-9-24(10-15(13)21-17)16(26)12-4-6-14(7-5-12)25-11-20-22-23-25/h4-8,11H,9-10H2,1-3H3. The van der Waals surface area contributed by atoms with E-state index in [-0.39, 0.29) is 11.3 Å². The van der Waals surface area contributed by atoms with Crippen LogP contribution in [0.25, 0.3) is 5.69 Å². The summed E-state index contributed by atoms with van der Waals surface area (Å²) in [7, 11) is 0. The maximum Gasteiger partial charge on any atom is 0.254 e. The molecule has 0 bridgehead atoms. The Morgan fingerprint density at radius 1 is 1.12 bits per heavy atom. The van der Waals surface area contributed by atoms with Gasteiger partial charge in [0.05, 0.1) is 17.9 Å². The van der Waals surface area contributed by atoms with Crippen molar-refractivity contribution in [3.8, 4) is 5.69 Å². The molecule has 0 aliphatic carbocycles. The lowest BCUT2D eigenvalue weighted by Crippen LogP contribution is -2.25. The van der Waals surface area contributed by atoms with E-state index in [0.29, 0.717) is 18.7 Å². The fourth-order valence-corrected chi connectivity index (χ4v) is 2.88. The smallest absolute Gasteiger partial charge is 0.254 e. The van der Waals surface area contributed by atoms with Crippen molar-refractivity contribution in [2.45, 2.75) is 39.3 Å². The van der Waals surface area contributed by atoms with E-state index in [2.05, 4.69) is 46.3 Å². The van der Waals surface area contributed by atoms with Crippen LogP contribution in [0.1, 0.15) is 48.2 Å². The van der Waals surface area contributed by atoms with Gasteiger partial charge in [-0.2, -0.15) is 0 Å². The molecule has 132 valence electrons. The van der Waals surface area contributed by atoms with Gasteiger partial charge in [-0.25, -0.2) is 14.6 Å². The van der Waals surface area contributed by atoms with E-state index in [4.69, 9.17) is 0 Å². The first kappa shape index (κ1) is 16.3. The van der Waals surface area contributed by atoms with Crippen molar-refractivity contribution in [3.63, 3.8) is 0 Å². The van der Waals surface area contributed by atoms with Gasteiger partial charge in [-0.3, -0.25) is 4.79 Å². The molecule has 0 radical (unpaired) electrons. The molecule has 0 saturated carbocycles. The summed E-state index contributed by atoms with van der Waals surface area (Å²) < 4.78 is 1.55. The quantitative estimate of drug-likeness (QED) is 0.702. The third-order valence-electron chi connectivity index (χ3n) is 4.34. The highest BCUT2D eigenvalue weighted by molar-refractivity contribution is 5.94. The summed E-state index contributed by atoms with van der Waals surface area (Å²) in [5, 5.41) is 11.1. The predicted molar refractivity (Wildman–Crippen MR) is 93.5 cm³/mol. The summed E-state index contributed by atoms with van der Waals surface area (Å²) in [5.74, 6) is 0.778. The fraction of sp³-hybridized carbons (Fsp3) is 0.333. The minimum atomic E-state index is -0.113. The van der Waals surface area contributed by atoms with Crippen LogP contribution in [0.4, 0.5) is 0 Å². The van der Waals surface area contributed by atoms with Crippen LogP contribution in [0.15, 0.2) is 36.8 Å². The van der Waals surface area contributed by atoms with Crippen LogP contribution in [0.5, 0.6) is 0 Å². The summed E-state index contributed by atoms with van der Waals surface area (Å²) in [4.78, 5) is 23.7. The third-order valence-corrected chi connectivity index (χ3v) is 4.34. The van der Waals surface area contributed by atoms with E-state index in [1.54, 1.807) is 21.7 Å². The number of aromatic nitrogens is 6. The summed E-state index contributed by atoms with van der Waals surface area (Å²) in [6.07, 6.45) is 3.36. The topological polar surface area (TPSA) is 89.7 Å². The van der Waals surface area contributed by atoms with Crippen molar-refractivity contribution in [1.29, 1.82) is 0 Å². The first-order valence-electron chi connectivity index (χ1n) is 8.40. The highest BCUT2D eigenvalue weighted by Crippen LogP contribution is 2.26. The number of rotatable bonds is 2. The number of hydrogen-bond acceptors (Lipinski definition) is 6. The van der Waals surface area contributed by atoms with E-state index in [1.165, 1.54) is 6.33 Å². The van der Waals surface area contributed by atoms with Gasteiger partial charge in [-0.15, -0.1) is 5.10 Å². The van der Waals surface area contributed by atoms with Gasteiger partial charge < -0.3 is 4.90 Å². The maximum absolute atomic E-state index is 12.8. The summed E-state index contributed by atoms with van der Waals surface area (Å²) >= 11 is 0. The molecule has 1 aliphatic heterocycles. The second-order valence-corrected chi connectivity index (χ2v) is 7.38. The average Bonchev–Trinajstić information content (AvgIpc) is 3.29.